The van der Waals surface area contributed by atoms with Crippen molar-refractivity contribution in [3.8, 4) is 5.75 Å². The number of rotatable bonds is 4. The number of aromatic hydroxyl groups is 1. The van der Waals surface area contributed by atoms with Crippen molar-refractivity contribution in [1.82, 2.24) is 4.90 Å². The van der Waals surface area contributed by atoms with Crippen molar-refractivity contribution in [2.75, 3.05) is 19.6 Å². The highest BCUT2D eigenvalue weighted by Gasteiger charge is 2.47. The number of benzene rings is 2. The zero-order valence-corrected chi connectivity index (χ0v) is 16.3. The number of piperidine rings is 1. The maximum Gasteiger partial charge on any atom is 0.133 e. The van der Waals surface area contributed by atoms with E-state index < -0.39 is 0 Å². The van der Waals surface area contributed by atoms with E-state index in [0.29, 0.717) is 30.3 Å². The maximum atomic E-state index is 12.3. The molecular formula is C23H26ClNO2. The van der Waals surface area contributed by atoms with E-state index in [1.165, 1.54) is 5.56 Å². The zero-order chi connectivity index (χ0) is 18.9. The van der Waals surface area contributed by atoms with Gasteiger partial charge in [-0.05, 0) is 61.1 Å². The van der Waals surface area contributed by atoms with Crippen molar-refractivity contribution in [1.29, 1.82) is 0 Å². The van der Waals surface area contributed by atoms with E-state index in [0.717, 1.165) is 49.5 Å². The van der Waals surface area contributed by atoms with E-state index >= 15 is 0 Å². The lowest BCUT2D eigenvalue weighted by Gasteiger charge is -2.50. The third-order valence-electron chi connectivity index (χ3n) is 6.49. The van der Waals surface area contributed by atoms with E-state index in [2.05, 4.69) is 17.0 Å². The first-order chi connectivity index (χ1) is 13.1. The number of phenolic OH excluding ortho intramolecular Hbond substituents is 1. The highest BCUT2D eigenvalue weighted by Crippen LogP contribution is 2.48. The second-order valence-corrected chi connectivity index (χ2v) is 8.46. The number of phenols is 1. The van der Waals surface area contributed by atoms with Crippen molar-refractivity contribution >= 4 is 17.4 Å². The van der Waals surface area contributed by atoms with Gasteiger partial charge >= 0.3 is 0 Å². The first-order valence-corrected chi connectivity index (χ1v) is 10.2. The predicted octanol–water partition coefficient (Wildman–Crippen LogP) is 4.60. The van der Waals surface area contributed by atoms with E-state index in [1.807, 2.05) is 30.3 Å². The molecule has 0 radical (unpaired) electrons. The minimum absolute atomic E-state index is 0.116. The van der Waals surface area contributed by atoms with Crippen LogP contribution in [-0.4, -0.2) is 35.4 Å². The molecule has 1 N–H and O–H groups in total. The third-order valence-corrected chi connectivity index (χ3v) is 6.86. The monoisotopic (exact) mass is 383 g/mol. The van der Waals surface area contributed by atoms with Crippen molar-refractivity contribution in [2.24, 2.45) is 5.92 Å². The minimum atomic E-state index is -0.116. The number of halogens is 1. The molecule has 27 heavy (non-hydrogen) atoms. The van der Waals surface area contributed by atoms with Gasteiger partial charge in [-0.2, -0.15) is 0 Å². The van der Waals surface area contributed by atoms with Crippen LogP contribution in [0.4, 0.5) is 0 Å². The van der Waals surface area contributed by atoms with E-state index in [4.69, 9.17) is 11.6 Å². The lowest BCUT2D eigenvalue weighted by Crippen LogP contribution is -2.53. The molecule has 0 aromatic heterocycles. The van der Waals surface area contributed by atoms with Crippen LogP contribution in [0.25, 0.3) is 0 Å². The molecule has 2 fully saturated rings. The SMILES string of the molecule is O=C1CCC2CN(CCc3ccccc3Cl)CCC2(c2cccc(O)c2)C1. The number of hydrogen-bond donors (Lipinski definition) is 1. The summed E-state index contributed by atoms with van der Waals surface area (Å²) in [5.41, 5.74) is 2.21. The molecule has 2 aromatic carbocycles. The van der Waals surface area contributed by atoms with Gasteiger partial charge in [0, 0.05) is 36.4 Å². The zero-order valence-electron chi connectivity index (χ0n) is 15.5. The van der Waals surface area contributed by atoms with Gasteiger partial charge in [0.15, 0.2) is 0 Å². The summed E-state index contributed by atoms with van der Waals surface area (Å²) < 4.78 is 0. The van der Waals surface area contributed by atoms with Crippen LogP contribution in [0.2, 0.25) is 5.02 Å². The Hall–Kier alpha value is -1.84. The normalized spacial score (nSPS) is 26.0. The molecule has 1 aliphatic carbocycles. The quantitative estimate of drug-likeness (QED) is 0.838. The molecule has 2 atom stereocenters. The molecule has 0 amide bonds. The molecule has 0 bridgehead atoms. The molecule has 2 aromatic rings. The van der Waals surface area contributed by atoms with Crippen LogP contribution in [-0.2, 0) is 16.6 Å². The first kappa shape index (κ1) is 18.5. The molecule has 2 aliphatic rings. The summed E-state index contributed by atoms with van der Waals surface area (Å²) in [5, 5.41) is 10.8. The van der Waals surface area contributed by atoms with E-state index in [-0.39, 0.29) is 5.41 Å². The molecule has 142 valence electrons. The number of Topliss-reactive ketones (excluding diaryl/α,β-unsaturated/α-hetero) is 1. The number of hydrogen-bond acceptors (Lipinski definition) is 3. The fourth-order valence-electron chi connectivity index (χ4n) is 5.00. The smallest absolute Gasteiger partial charge is 0.133 e. The van der Waals surface area contributed by atoms with Crippen LogP contribution in [0.1, 0.15) is 36.8 Å². The Bertz CT molecular complexity index is 837. The number of nitrogens with zero attached hydrogens (tertiary/aromatic N) is 1. The van der Waals surface area contributed by atoms with Gasteiger partial charge in [-0.1, -0.05) is 41.9 Å². The summed E-state index contributed by atoms with van der Waals surface area (Å²) in [5.74, 6) is 1.11. The Morgan fingerprint density at radius 1 is 1.19 bits per heavy atom. The fourth-order valence-corrected chi connectivity index (χ4v) is 5.23. The van der Waals surface area contributed by atoms with Crippen LogP contribution in [0.5, 0.6) is 5.75 Å². The van der Waals surface area contributed by atoms with Crippen LogP contribution in [0.3, 0.4) is 0 Å². The summed E-state index contributed by atoms with van der Waals surface area (Å²) in [6.45, 7) is 2.97. The fraction of sp³-hybridized carbons (Fsp3) is 0.435. The Kier molecular flexibility index (Phi) is 5.25. The number of carbonyl (C=O) groups is 1. The van der Waals surface area contributed by atoms with Crippen molar-refractivity contribution in [3.05, 3.63) is 64.7 Å². The number of fused-ring (bicyclic) bond motifs is 1. The van der Waals surface area contributed by atoms with Crippen molar-refractivity contribution < 1.29 is 9.90 Å². The van der Waals surface area contributed by atoms with Crippen LogP contribution >= 0.6 is 11.6 Å². The van der Waals surface area contributed by atoms with Crippen LogP contribution < -0.4 is 0 Å². The van der Waals surface area contributed by atoms with Crippen molar-refractivity contribution in [3.63, 3.8) is 0 Å². The number of carbonyl (C=O) groups excluding carboxylic acids is 1. The molecule has 1 saturated carbocycles. The molecule has 4 rings (SSSR count). The molecule has 1 aliphatic heterocycles. The van der Waals surface area contributed by atoms with Gasteiger partial charge in [0.2, 0.25) is 0 Å². The molecule has 3 nitrogen and oxygen atoms in total. The van der Waals surface area contributed by atoms with E-state index in [1.54, 1.807) is 6.07 Å². The average Bonchev–Trinajstić information content (AvgIpc) is 2.67. The summed E-state index contributed by atoms with van der Waals surface area (Å²) in [4.78, 5) is 14.8. The van der Waals surface area contributed by atoms with Gasteiger partial charge < -0.3 is 10.0 Å². The molecule has 0 spiro atoms. The summed E-state index contributed by atoms with van der Waals surface area (Å²) in [6.07, 6.45) is 4.15. The lowest BCUT2D eigenvalue weighted by atomic mass is 9.59. The molecule has 1 saturated heterocycles. The van der Waals surface area contributed by atoms with E-state index in [9.17, 15) is 9.90 Å². The predicted molar refractivity (Wildman–Crippen MR) is 108 cm³/mol. The summed E-state index contributed by atoms with van der Waals surface area (Å²) in [7, 11) is 0. The lowest BCUT2D eigenvalue weighted by molar-refractivity contribution is -0.125. The maximum absolute atomic E-state index is 12.3. The summed E-state index contributed by atoms with van der Waals surface area (Å²) >= 11 is 6.31. The molecule has 2 unspecified atom stereocenters. The minimum Gasteiger partial charge on any atom is -0.508 e. The molecular weight excluding hydrogens is 358 g/mol. The Balaban J connectivity index is 1.51. The third kappa shape index (κ3) is 3.76. The first-order valence-electron chi connectivity index (χ1n) is 9.84. The van der Waals surface area contributed by atoms with Gasteiger partial charge in [-0.25, -0.2) is 0 Å². The van der Waals surface area contributed by atoms with Crippen molar-refractivity contribution in [2.45, 2.75) is 37.5 Å². The van der Waals surface area contributed by atoms with Gasteiger partial charge in [-0.15, -0.1) is 0 Å². The topological polar surface area (TPSA) is 40.5 Å². The number of likely N-dealkylation sites (tertiary alicyclic amines) is 1. The van der Waals surface area contributed by atoms with Crippen LogP contribution in [0, 0.1) is 5.92 Å². The van der Waals surface area contributed by atoms with Gasteiger partial charge in [-0.3, -0.25) is 4.79 Å². The standard InChI is InChI=1S/C23H26ClNO2/c24-22-7-2-1-4-17(22)10-12-25-13-11-23(18-5-3-6-20(26)14-18)15-21(27)9-8-19(23)16-25/h1-7,14,19,26H,8-13,15-16H2. The largest absolute Gasteiger partial charge is 0.508 e. The Morgan fingerprint density at radius 3 is 2.85 bits per heavy atom. The molecule has 1 heterocycles. The van der Waals surface area contributed by atoms with Gasteiger partial charge in [0.1, 0.15) is 11.5 Å². The molecule has 4 heteroatoms. The van der Waals surface area contributed by atoms with Crippen LogP contribution in [0.15, 0.2) is 48.5 Å². The highest BCUT2D eigenvalue weighted by atomic mass is 35.5. The number of ketones is 1. The summed E-state index contributed by atoms with van der Waals surface area (Å²) in [6, 6.07) is 15.6. The second kappa shape index (κ2) is 7.65. The Morgan fingerprint density at radius 2 is 2.04 bits per heavy atom. The second-order valence-electron chi connectivity index (χ2n) is 8.05. The van der Waals surface area contributed by atoms with Gasteiger partial charge in [0.05, 0.1) is 0 Å². The van der Waals surface area contributed by atoms with Gasteiger partial charge in [0.25, 0.3) is 0 Å². The average molecular weight is 384 g/mol. The Labute approximate surface area is 166 Å². The highest BCUT2D eigenvalue weighted by molar-refractivity contribution is 6.31.